The van der Waals surface area contributed by atoms with E-state index in [1.54, 1.807) is 38.3 Å². The van der Waals surface area contributed by atoms with Crippen molar-refractivity contribution in [3.63, 3.8) is 0 Å². The molecular weight excluding hydrogens is 198 g/mol. The summed E-state index contributed by atoms with van der Waals surface area (Å²) in [6.07, 6.45) is -0.733. The number of ether oxygens (including phenoxy) is 2. The first-order chi connectivity index (χ1) is 7.17. The highest BCUT2D eigenvalue weighted by atomic mass is 16.7. The SMILES string of the molecule is COc1ccc(OC(C)C(=O)ON)cc1. The van der Waals surface area contributed by atoms with Gasteiger partial charge in [0.15, 0.2) is 6.10 Å². The van der Waals surface area contributed by atoms with Crippen LogP contribution in [0.2, 0.25) is 0 Å². The van der Waals surface area contributed by atoms with Gasteiger partial charge in [-0.3, -0.25) is 0 Å². The number of methoxy groups -OCH3 is 1. The molecule has 0 bridgehead atoms. The first-order valence-electron chi connectivity index (χ1n) is 4.38. The number of carbonyl (C=O) groups is 1. The lowest BCUT2D eigenvalue weighted by Crippen LogP contribution is -2.28. The normalized spacial score (nSPS) is 11.7. The number of nitrogens with two attached hydrogens (primary N) is 1. The van der Waals surface area contributed by atoms with Gasteiger partial charge in [0, 0.05) is 0 Å². The van der Waals surface area contributed by atoms with Crippen molar-refractivity contribution in [1.29, 1.82) is 0 Å². The van der Waals surface area contributed by atoms with E-state index in [-0.39, 0.29) is 0 Å². The zero-order valence-electron chi connectivity index (χ0n) is 8.60. The van der Waals surface area contributed by atoms with Crippen molar-refractivity contribution in [2.75, 3.05) is 7.11 Å². The minimum Gasteiger partial charge on any atom is -0.497 e. The van der Waals surface area contributed by atoms with Crippen molar-refractivity contribution in [1.82, 2.24) is 0 Å². The zero-order chi connectivity index (χ0) is 11.3. The Morgan fingerprint density at radius 2 is 1.80 bits per heavy atom. The van der Waals surface area contributed by atoms with Crippen LogP contribution >= 0.6 is 0 Å². The Morgan fingerprint density at radius 3 is 2.27 bits per heavy atom. The average Bonchev–Trinajstić information content (AvgIpc) is 2.29. The summed E-state index contributed by atoms with van der Waals surface area (Å²) in [5.74, 6) is 5.37. The molecule has 5 heteroatoms. The van der Waals surface area contributed by atoms with Gasteiger partial charge < -0.3 is 14.3 Å². The molecule has 82 valence electrons. The van der Waals surface area contributed by atoms with Crippen LogP contribution in [0.15, 0.2) is 24.3 Å². The van der Waals surface area contributed by atoms with Gasteiger partial charge in [0.25, 0.3) is 0 Å². The van der Waals surface area contributed by atoms with Gasteiger partial charge in [-0.05, 0) is 31.2 Å². The Balaban J connectivity index is 2.60. The molecule has 0 aliphatic heterocycles. The fraction of sp³-hybridized carbons (Fsp3) is 0.300. The molecule has 0 radical (unpaired) electrons. The molecule has 0 spiro atoms. The van der Waals surface area contributed by atoms with Crippen LogP contribution in [0.4, 0.5) is 0 Å². The Kier molecular flexibility index (Phi) is 3.93. The summed E-state index contributed by atoms with van der Waals surface area (Å²) >= 11 is 0. The second-order valence-corrected chi connectivity index (χ2v) is 2.87. The Hall–Kier alpha value is -1.75. The van der Waals surface area contributed by atoms with Crippen LogP contribution in [-0.2, 0) is 9.63 Å². The second kappa shape index (κ2) is 5.21. The Morgan fingerprint density at radius 1 is 1.27 bits per heavy atom. The van der Waals surface area contributed by atoms with E-state index < -0.39 is 12.1 Å². The lowest BCUT2D eigenvalue weighted by molar-refractivity contribution is -0.151. The standard InChI is InChI=1S/C10H13NO4/c1-7(10(12)15-11)14-9-5-3-8(13-2)4-6-9/h3-7H,11H2,1-2H3. The fourth-order valence-electron chi connectivity index (χ4n) is 1.00. The lowest BCUT2D eigenvalue weighted by Gasteiger charge is -2.11. The highest BCUT2D eigenvalue weighted by Crippen LogP contribution is 2.18. The molecule has 1 aromatic rings. The van der Waals surface area contributed by atoms with E-state index >= 15 is 0 Å². The van der Waals surface area contributed by atoms with Gasteiger partial charge >= 0.3 is 5.97 Å². The smallest absolute Gasteiger partial charge is 0.365 e. The molecule has 1 unspecified atom stereocenters. The molecular formula is C10H13NO4. The van der Waals surface area contributed by atoms with Gasteiger partial charge in [-0.25, -0.2) is 4.79 Å². The van der Waals surface area contributed by atoms with Gasteiger partial charge in [0.05, 0.1) is 7.11 Å². The number of hydrogen-bond donors (Lipinski definition) is 1. The van der Waals surface area contributed by atoms with E-state index in [4.69, 9.17) is 15.4 Å². The summed E-state index contributed by atoms with van der Waals surface area (Å²) in [6, 6.07) is 6.85. The third-order valence-electron chi connectivity index (χ3n) is 1.82. The van der Waals surface area contributed by atoms with E-state index in [1.165, 1.54) is 0 Å². The van der Waals surface area contributed by atoms with Gasteiger partial charge in [0.2, 0.25) is 0 Å². The van der Waals surface area contributed by atoms with E-state index in [0.717, 1.165) is 5.75 Å². The van der Waals surface area contributed by atoms with Gasteiger partial charge in [-0.1, -0.05) is 0 Å². The van der Waals surface area contributed by atoms with Gasteiger partial charge in [-0.2, -0.15) is 5.90 Å². The molecule has 2 N–H and O–H groups in total. The molecule has 1 aromatic carbocycles. The van der Waals surface area contributed by atoms with Crippen LogP contribution in [0.3, 0.4) is 0 Å². The molecule has 0 fully saturated rings. The summed E-state index contributed by atoms with van der Waals surface area (Å²) in [4.78, 5) is 15.0. The van der Waals surface area contributed by atoms with Crippen molar-refractivity contribution < 1.29 is 19.1 Å². The molecule has 0 amide bonds. The Labute approximate surface area is 87.7 Å². The van der Waals surface area contributed by atoms with Crippen molar-refractivity contribution >= 4 is 5.97 Å². The van der Waals surface area contributed by atoms with Crippen LogP contribution in [0.25, 0.3) is 0 Å². The van der Waals surface area contributed by atoms with Crippen LogP contribution in [0.5, 0.6) is 11.5 Å². The minimum absolute atomic E-state index is 0.550. The van der Waals surface area contributed by atoms with Crippen molar-refractivity contribution in [2.24, 2.45) is 5.90 Å². The van der Waals surface area contributed by atoms with E-state index in [0.29, 0.717) is 5.75 Å². The predicted molar refractivity (Wildman–Crippen MR) is 53.4 cm³/mol. The number of rotatable bonds is 4. The van der Waals surface area contributed by atoms with Crippen molar-refractivity contribution in [2.45, 2.75) is 13.0 Å². The molecule has 0 saturated heterocycles. The van der Waals surface area contributed by atoms with E-state index in [9.17, 15) is 4.79 Å². The lowest BCUT2D eigenvalue weighted by atomic mass is 10.3. The quantitative estimate of drug-likeness (QED) is 0.748. The maximum atomic E-state index is 10.9. The van der Waals surface area contributed by atoms with Crippen LogP contribution in [0.1, 0.15) is 6.92 Å². The monoisotopic (exact) mass is 211 g/mol. The maximum absolute atomic E-state index is 10.9. The van der Waals surface area contributed by atoms with Crippen LogP contribution in [-0.4, -0.2) is 19.2 Å². The summed E-state index contributed by atoms with van der Waals surface area (Å²) in [5.41, 5.74) is 0. The molecule has 0 saturated carbocycles. The molecule has 0 aliphatic rings. The molecule has 0 aliphatic carbocycles. The molecule has 5 nitrogen and oxygen atoms in total. The third-order valence-corrected chi connectivity index (χ3v) is 1.82. The summed E-state index contributed by atoms with van der Waals surface area (Å²) in [6.45, 7) is 1.55. The highest BCUT2D eigenvalue weighted by Gasteiger charge is 2.15. The molecule has 1 atom stereocenters. The van der Waals surface area contributed by atoms with Crippen molar-refractivity contribution in [3.8, 4) is 11.5 Å². The summed E-state index contributed by atoms with van der Waals surface area (Å²) in [5, 5.41) is 0. The van der Waals surface area contributed by atoms with Gasteiger partial charge in [-0.15, -0.1) is 0 Å². The highest BCUT2D eigenvalue weighted by molar-refractivity contribution is 5.74. The summed E-state index contributed by atoms with van der Waals surface area (Å²) < 4.78 is 10.2. The largest absolute Gasteiger partial charge is 0.497 e. The molecule has 0 aromatic heterocycles. The fourth-order valence-corrected chi connectivity index (χ4v) is 1.00. The van der Waals surface area contributed by atoms with Crippen LogP contribution in [0, 0.1) is 0 Å². The van der Waals surface area contributed by atoms with E-state index in [2.05, 4.69) is 4.84 Å². The first-order valence-corrected chi connectivity index (χ1v) is 4.38. The predicted octanol–water partition coefficient (Wildman–Crippen LogP) is 0.879. The molecule has 15 heavy (non-hydrogen) atoms. The first kappa shape index (κ1) is 11.3. The zero-order valence-corrected chi connectivity index (χ0v) is 8.60. The van der Waals surface area contributed by atoms with Crippen LogP contribution < -0.4 is 15.4 Å². The summed E-state index contributed by atoms with van der Waals surface area (Å²) in [7, 11) is 1.57. The topological polar surface area (TPSA) is 70.8 Å². The van der Waals surface area contributed by atoms with Gasteiger partial charge in [0.1, 0.15) is 11.5 Å². The number of benzene rings is 1. The Bertz CT molecular complexity index is 323. The minimum atomic E-state index is -0.733. The third kappa shape index (κ3) is 3.14. The maximum Gasteiger partial charge on any atom is 0.365 e. The molecule has 1 rings (SSSR count). The van der Waals surface area contributed by atoms with Crippen molar-refractivity contribution in [3.05, 3.63) is 24.3 Å². The average molecular weight is 211 g/mol. The number of hydrogen-bond acceptors (Lipinski definition) is 5. The molecule has 0 heterocycles. The van der Waals surface area contributed by atoms with E-state index in [1.807, 2.05) is 0 Å². The number of carbonyl (C=O) groups excluding carboxylic acids is 1. The second-order valence-electron chi connectivity index (χ2n) is 2.87.